The molecule has 1 N–H and O–H groups in total. The highest BCUT2D eigenvalue weighted by Crippen LogP contribution is 2.11. The number of ketones is 1. The highest BCUT2D eigenvalue weighted by Gasteiger charge is 2.05. The van der Waals surface area contributed by atoms with Gasteiger partial charge in [0.15, 0.2) is 5.78 Å². The Morgan fingerprint density at radius 2 is 1.61 bits per heavy atom. The highest BCUT2D eigenvalue weighted by atomic mass is 16.5. The Labute approximate surface area is 135 Å². The SMILES string of the molecule is CCOC(=O)c1ccc(N/C=C/C(=O)c2ccc(C)cc2)cc1. The largest absolute Gasteiger partial charge is 0.462 e. The van der Waals surface area contributed by atoms with Crippen molar-refractivity contribution in [2.24, 2.45) is 0 Å². The summed E-state index contributed by atoms with van der Waals surface area (Å²) < 4.78 is 4.92. The maximum absolute atomic E-state index is 12.0. The Bertz CT molecular complexity index is 700. The van der Waals surface area contributed by atoms with Gasteiger partial charge in [-0.2, -0.15) is 0 Å². The van der Waals surface area contributed by atoms with E-state index >= 15 is 0 Å². The summed E-state index contributed by atoms with van der Waals surface area (Å²) in [6.45, 7) is 4.10. The first-order valence-electron chi connectivity index (χ1n) is 7.41. The summed E-state index contributed by atoms with van der Waals surface area (Å²) in [5.74, 6) is -0.412. The van der Waals surface area contributed by atoms with Crippen LogP contribution in [-0.2, 0) is 4.74 Å². The zero-order chi connectivity index (χ0) is 16.7. The van der Waals surface area contributed by atoms with Crippen molar-refractivity contribution in [3.8, 4) is 0 Å². The molecule has 0 heterocycles. The molecule has 0 saturated heterocycles. The van der Waals surface area contributed by atoms with Crippen LogP contribution in [0.15, 0.2) is 60.8 Å². The summed E-state index contributed by atoms with van der Waals surface area (Å²) in [5, 5.41) is 3.00. The number of ether oxygens (including phenoxy) is 1. The summed E-state index contributed by atoms with van der Waals surface area (Å²) in [5.41, 5.74) is 3.04. The van der Waals surface area contributed by atoms with Crippen molar-refractivity contribution >= 4 is 17.4 Å². The molecule has 0 saturated carbocycles. The number of hydrogen-bond acceptors (Lipinski definition) is 4. The number of carbonyl (C=O) groups is 2. The van der Waals surface area contributed by atoms with Gasteiger partial charge < -0.3 is 10.1 Å². The molecule has 0 fully saturated rings. The molecule has 4 heteroatoms. The van der Waals surface area contributed by atoms with Crippen LogP contribution in [0.3, 0.4) is 0 Å². The second-order valence-corrected chi connectivity index (χ2v) is 5.01. The third-order valence-electron chi connectivity index (χ3n) is 3.22. The molecule has 0 unspecified atom stereocenters. The smallest absolute Gasteiger partial charge is 0.338 e. The second kappa shape index (κ2) is 7.94. The number of benzene rings is 2. The molecule has 0 aliphatic heterocycles. The van der Waals surface area contributed by atoms with Crippen molar-refractivity contribution in [1.82, 2.24) is 0 Å². The van der Waals surface area contributed by atoms with Gasteiger partial charge >= 0.3 is 5.97 Å². The van der Waals surface area contributed by atoms with Crippen molar-refractivity contribution in [2.75, 3.05) is 11.9 Å². The van der Waals surface area contributed by atoms with E-state index in [2.05, 4.69) is 5.32 Å². The number of carbonyl (C=O) groups excluding carboxylic acids is 2. The summed E-state index contributed by atoms with van der Waals surface area (Å²) in [7, 11) is 0. The maximum atomic E-state index is 12.0. The number of hydrogen-bond donors (Lipinski definition) is 1. The number of anilines is 1. The first-order chi connectivity index (χ1) is 11.1. The number of allylic oxidation sites excluding steroid dienone is 1. The molecule has 0 atom stereocenters. The number of nitrogens with one attached hydrogen (secondary N) is 1. The van der Waals surface area contributed by atoms with E-state index in [1.54, 1.807) is 49.5 Å². The van der Waals surface area contributed by atoms with E-state index in [1.807, 2.05) is 19.1 Å². The monoisotopic (exact) mass is 309 g/mol. The lowest BCUT2D eigenvalue weighted by Crippen LogP contribution is -2.04. The molecule has 0 spiro atoms. The lowest BCUT2D eigenvalue weighted by Gasteiger charge is -2.04. The average Bonchev–Trinajstić information content (AvgIpc) is 2.56. The van der Waals surface area contributed by atoms with Crippen molar-refractivity contribution < 1.29 is 14.3 Å². The summed E-state index contributed by atoms with van der Waals surface area (Å²) in [6.07, 6.45) is 3.06. The van der Waals surface area contributed by atoms with E-state index in [9.17, 15) is 9.59 Å². The van der Waals surface area contributed by atoms with Crippen LogP contribution in [0.5, 0.6) is 0 Å². The van der Waals surface area contributed by atoms with Crippen molar-refractivity contribution in [1.29, 1.82) is 0 Å². The summed E-state index contributed by atoms with van der Waals surface area (Å²) >= 11 is 0. The zero-order valence-corrected chi connectivity index (χ0v) is 13.2. The third kappa shape index (κ3) is 4.81. The highest BCUT2D eigenvalue weighted by molar-refractivity contribution is 6.04. The van der Waals surface area contributed by atoms with Crippen LogP contribution >= 0.6 is 0 Å². The Hall–Kier alpha value is -2.88. The van der Waals surface area contributed by atoms with Crippen LogP contribution < -0.4 is 5.32 Å². The topological polar surface area (TPSA) is 55.4 Å². The molecule has 0 aliphatic rings. The fourth-order valence-electron chi connectivity index (χ4n) is 1.94. The van der Waals surface area contributed by atoms with Gasteiger partial charge in [-0.25, -0.2) is 4.79 Å². The molecule has 2 aromatic carbocycles. The van der Waals surface area contributed by atoms with Crippen LogP contribution in [-0.4, -0.2) is 18.4 Å². The molecule has 118 valence electrons. The zero-order valence-electron chi connectivity index (χ0n) is 13.2. The molecule has 4 nitrogen and oxygen atoms in total. The molecular formula is C19H19NO3. The van der Waals surface area contributed by atoms with E-state index in [4.69, 9.17) is 4.74 Å². The Morgan fingerprint density at radius 1 is 1.00 bits per heavy atom. The lowest BCUT2D eigenvalue weighted by atomic mass is 10.1. The Morgan fingerprint density at radius 3 is 2.22 bits per heavy atom. The summed E-state index contributed by atoms with van der Waals surface area (Å²) in [6, 6.07) is 14.3. The van der Waals surface area contributed by atoms with Gasteiger partial charge in [0.2, 0.25) is 0 Å². The Balaban J connectivity index is 1.93. The van der Waals surface area contributed by atoms with Crippen molar-refractivity contribution in [2.45, 2.75) is 13.8 Å². The molecule has 2 aromatic rings. The van der Waals surface area contributed by atoms with Crippen LogP contribution in [0, 0.1) is 6.92 Å². The van der Waals surface area contributed by atoms with Gasteiger partial charge in [0.05, 0.1) is 12.2 Å². The molecule has 0 radical (unpaired) electrons. The predicted molar refractivity (Wildman–Crippen MR) is 90.7 cm³/mol. The van der Waals surface area contributed by atoms with Gasteiger partial charge in [0.25, 0.3) is 0 Å². The average molecular weight is 309 g/mol. The molecule has 0 aromatic heterocycles. The fourth-order valence-corrected chi connectivity index (χ4v) is 1.94. The van der Waals surface area contributed by atoms with E-state index in [1.165, 1.54) is 6.08 Å². The molecular weight excluding hydrogens is 290 g/mol. The summed E-state index contributed by atoms with van der Waals surface area (Å²) in [4.78, 5) is 23.5. The molecule has 23 heavy (non-hydrogen) atoms. The first kappa shape index (κ1) is 16.5. The van der Waals surface area contributed by atoms with Gasteiger partial charge in [-0.3, -0.25) is 4.79 Å². The minimum Gasteiger partial charge on any atom is -0.462 e. The van der Waals surface area contributed by atoms with Crippen LogP contribution in [0.25, 0.3) is 0 Å². The van der Waals surface area contributed by atoms with Gasteiger partial charge in [-0.1, -0.05) is 29.8 Å². The van der Waals surface area contributed by atoms with E-state index < -0.39 is 0 Å². The standard InChI is InChI=1S/C19H19NO3/c1-3-23-19(22)16-8-10-17(11-9-16)20-13-12-18(21)15-6-4-14(2)5-7-15/h4-13,20H,3H2,1-2H3/b13-12+. The number of aryl methyl sites for hydroxylation is 1. The molecule has 0 bridgehead atoms. The molecule has 0 aliphatic carbocycles. The normalized spacial score (nSPS) is 10.5. The van der Waals surface area contributed by atoms with Gasteiger partial charge in [-0.05, 0) is 38.1 Å². The first-order valence-corrected chi connectivity index (χ1v) is 7.41. The molecule has 0 amide bonds. The van der Waals surface area contributed by atoms with Crippen LogP contribution in [0.4, 0.5) is 5.69 Å². The minimum atomic E-state index is -0.343. The quantitative estimate of drug-likeness (QED) is 0.498. The van der Waals surface area contributed by atoms with Crippen molar-refractivity contribution in [3.63, 3.8) is 0 Å². The third-order valence-corrected chi connectivity index (χ3v) is 3.22. The van der Waals surface area contributed by atoms with E-state index in [0.29, 0.717) is 17.7 Å². The van der Waals surface area contributed by atoms with E-state index in [-0.39, 0.29) is 11.8 Å². The van der Waals surface area contributed by atoms with Gasteiger partial charge in [0, 0.05) is 23.5 Å². The van der Waals surface area contributed by atoms with E-state index in [0.717, 1.165) is 11.3 Å². The predicted octanol–water partition coefficient (Wildman–Crippen LogP) is 3.98. The van der Waals surface area contributed by atoms with Crippen molar-refractivity contribution in [3.05, 3.63) is 77.5 Å². The fraction of sp³-hybridized carbons (Fsp3) is 0.158. The minimum absolute atomic E-state index is 0.0688. The van der Waals surface area contributed by atoms with Crippen LogP contribution in [0.2, 0.25) is 0 Å². The van der Waals surface area contributed by atoms with Gasteiger partial charge in [0.1, 0.15) is 0 Å². The lowest BCUT2D eigenvalue weighted by molar-refractivity contribution is 0.0526. The maximum Gasteiger partial charge on any atom is 0.338 e. The molecule has 2 rings (SSSR count). The second-order valence-electron chi connectivity index (χ2n) is 5.01. The van der Waals surface area contributed by atoms with Crippen LogP contribution in [0.1, 0.15) is 33.2 Å². The van der Waals surface area contributed by atoms with Gasteiger partial charge in [-0.15, -0.1) is 0 Å². The number of esters is 1. The Kier molecular flexibility index (Phi) is 5.69. The number of rotatable bonds is 6.